The van der Waals surface area contributed by atoms with E-state index in [1.165, 1.54) is 11.8 Å². The molecule has 0 heterocycles. The van der Waals surface area contributed by atoms with Crippen LogP contribution in [0.5, 0.6) is 0 Å². The molecule has 114 valence electrons. The highest BCUT2D eigenvalue weighted by Gasteiger charge is 2.16. The molecule has 0 atom stereocenters. The highest BCUT2D eigenvalue weighted by molar-refractivity contribution is 6.30. The molecule has 0 aliphatic rings. The molecule has 1 N–H and O–H groups in total. The molecule has 0 saturated carbocycles. The highest BCUT2D eigenvalue weighted by Crippen LogP contribution is 2.19. The minimum absolute atomic E-state index is 0.0503. The molecule has 0 bridgehead atoms. The predicted octanol–water partition coefficient (Wildman–Crippen LogP) is 3.64. The maximum atomic E-state index is 12.2. The van der Waals surface area contributed by atoms with E-state index in [1.54, 1.807) is 24.3 Å². The van der Waals surface area contributed by atoms with Gasteiger partial charge >= 0.3 is 0 Å². The maximum Gasteiger partial charge on any atom is 0.244 e. The number of nitrogens with one attached hydrogen (secondary N) is 1. The Hall–Kier alpha value is -2.33. The Morgan fingerprint density at radius 1 is 1.09 bits per heavy atom. The summed E-state index contributed by atoms with van der Waals surface area (Å²) in [5.74, 6) is -0.457. The molecule has 0 spiro atoms. The molecule has 0 radical (unpaired) electrons. The van der Waals surface area contributed by atoms with Crippen molar-refractivity contribution in [1.82, 2.24) is 0 Å². The zero-order valence-corrected chi connectivity index (χ0v) is 13.2. The minimum atomic E-state index is -0.251. The number of rotatable bonds is 4. The summed E-state index contributed by atoms with van der Waals surface area (Å²) >= 11 is 5.84. The molecule has 22 heavy (non-hydrogen) atoms. The van der Waals surface area contributed by atoms with Gasteiger partial charge in [0, 0.05) is 23.3 Å². The lowest BCUT2D eigenvalue weighted by molar-refractivity contribution is -0.120. The standard InChI is InChI=1S/C17H17ClN2O2/c1-12-5-3-4-6-16(12)19-17(22)11-20(13(2)21)15-9-7-14(18)8-10-15/h3-10H,11H2,1-2H3,(H,19,22). The van der Waals surface area contributed by atoms with E-state index in [0.29, 0.717) is 10.7 Å². The van der Waals surface area contributed by atoms with E-state index in [9.17, 15) is 9.59 Å². The zero-order chi connectivity index (χ0) is 16.1. The number of hydrogen-bond acceptors (Lipinski definition) is 2. The van der Waals surface area contributed by atoms with Crippen LogP contribution in [-0.4, -0.2) is 18.4 Å². The van der Waals surface area contributed by atoms with Gasteiger partial charge in [0.05, 0.1) is 0 Å². The Morgan fingerprint density at radius 2 is 1.73 bits per heavy atom. The molecule has 2 amide bonds. The Morgan fingerprint density at radius 3 is 2.32 bits per heavy atom. The summed E-state index contributed by atoms with van der Waals surface area (Å²) in [4.78, 5) is 25.4. The van der Waals surface area contributed by atoms with Crippen LogP contribution in [0.3, 0.4) is 0 Å². The minimum Gasteiger partial charge on any atom is -0.324 e. The largest absolute Gasteiger partial charge is 0.324 e. The van der Waals surface area contributed by atoms with Gasteiger partial charge in [-0.3, -0.25) is 9.59 Å². The van der Waals surface area contributed by atoms with Crippen molar-refractivity contribution >= 4 is 34.8 Å². The van der Waals surface area contributed by atoms with Crippen molar-refractivity contribution in [1.29, 1.82) is 0 Å². The van der Waals surface area contributed by atoms with Gasteiger partial charge in [0.25, 0.3) is 0 Å². The lowest BCUT2D eigenvalue weighted by Crippen LogP contribution is -2.36. The first-order valence-corrected chi connectivity index (χ1v) is 7.24. The van der Waals surface area contributed by atoms with E-state index >= 15 is 0 Å². The number of carbonyl (C=O) groups is 2. The Bertz CT molecular complexity index is 683. The number of aryl methyl sites for hydroxylation is 1. The van der Waals surface area contributed by atoms with Crippen LogP contribution in [-0.2, 0) is 9.59 Å². The molecule has 0 aliphatic carbocycles. The van der Waals surface area contributed by atoms with E-state index in [1.807, 2.05) is 31.2 Å². The second kappa shape index (κ2) is 7.09. The van der Waals surface area contributed by atoms with Gasteiger partial charge in [-0.1, -0.05) is 29.8 Å². The summed E-state index contributed by atoms with van der Waals surface area (Å²) in [6.07, 6.45) is 0. The van der Waals surface area contributed by atoms with Gasteiger partial charge in [0.1, 0.15) is 6.54 Å². The van der Waals surface area contributed by atoms with Crippen LogP contribution in [0.4, 0.5) is 11.4 Å². The van der Waals surface area contributed by atoms with Gasteiger partial charge in [0.2, 0.25) is 11.8 Å². The average molecular weight is 317 g/mol. The summed E-state index contributed by atoms with van der Waals surface area (Å²) in [6.45, 7) is 3.29. The summed E-state index contributed by atoms with van der Waals surface area (Å²) in [7, 11) is 0. The Balaban J connectivity index is 2.11. The molecular formula is C17H17ClN2O2. The molecule has 0 aromatic heterocycles. The highest BCUT2D eigenvalue weighted by atomic mass is 35.5. The van der Waals surface area contributed by atoms with Crippen LogP contribution >= 0.6 is 11.6 Å². The summed E-state index contributed by atoms with van der Waals surface area (Å²) < 4.78 is 0. The monoisotopic (exact) mass is 316 g/mol. The quantitative estimate of drug-likeness (QED) is 0.936. The smallest absolute Gasteiger partial charge is 0.244 e. The Kier molecular flexibility index (Phi) is 5.17. The van der Waals surface area contributed by atoms with Crippen LogP contribution in [0.1, 0.15) is 12.5 Å². The lowest BCUT2D eigenvalue weighted by Gasteiger charge is -2.21. The molecular weight excluding hydrogens is 300 g/mol. The van der Waals surface area contributed by atoms with Crippen molar-refractivity contribution in [2.45, 2.75) is 13.8 Å². The van der Waals surface area contributed by atoms with Gasteiger partial charge in [-0.25, -0.2) is 0 Å². The second-order valence-electron chi connectivity index (χ2n) is 4.94. The number of anilines is 2. The summed E-state index contributed by atoms with van der Waals surface area (Å²) in [5, 5.41) is 3.40. The number of halogens is 1. The maximum absolute atomic E-state index is 12.2. The summed E-state index contributed by atoms with van der Waals surface area (Å²) in [5.41, 5.74) is 2.35. The van der Waals surface area contributed by atoms with Crippen molar-refractivity contribution < 1.29 is 9.59 Å². The van der Waals surface area contributed by atoms with E-state index in [4.69, 9.17) is 11.6 Å². The lowest BCUT2D eigenvalue weighted by atomic mass is 10.2. The fourth-order valence-corrected chi connectivity index (χ4v) is 2.18. The molecule has 4 nitrogen and oxygen atoms in total. The number of nitrogens with zero attached hydrogens (tertiary/aromatic N) is 1. The van der Waals surface area contributed by atoms with Crippen LogP contribution < -0.4 is 10.2 Å². The van der Waals surface area contributed by atoms with Crippen molar-refractivity contribution in [2.24, 2.45) is 0 Å². The molecule has 2 aromatic rings. The molecule has 0 fully saturated rings. The third-order valence-electron chi connectivity index (χ3n) is 3.24. The van der Waals surface area contributed by atoms with Crippen LogP contribution in [0.15, 0.2) is 48.5 Å². The first-order valence-electron chi connectivity index (χ1n) is 6.86. The van der Waals surface area contributed by atoms with Crippen LogP contribution in [0.25, 0.3) is 0 Å². The number of amides is 2. The van der Waals surface area contributed by atoms with Crippen molar-refractivity contribution in [3.8, 4) is 0 Å². The third-order valence-corrected chi connectivity index (χ3v) is 3.49. The average Bonchev–Trinajstić information content (AvgIpc) is 2.48. The third kappa shape index (κ3) is 4.09. The SMILES string of the molecule is CC(=O)N(CC(=O)Nc1ccccc1C)c1ccc(Cl)cc1. The first-order chi connectivity index (χ1) is 10.5. The van der Waals surface area contributed by atoms with Crippen LogP contribution in [0, 0.1) is 6.92 Å². The first kappa shape index (κ1) is 16.0. The van der Waals surface area contributed by atoms with E-state index in [0.717, 1.165) is 11.3 Å². The van der Waals surface area contributed by atoms with Crippen molar-refractivity contribution in [3.05, 3.63) is 59.1 Å². The topological polar surface area (TPSA) is 49.4 Å². The second-order valence-corrected chi connectivity index (χ2v) is 5.38. The molecule has 0 aliphatic heterocycles. The predicted molar refractivity (Wildman–Crippen MR) is 89.3 cm³/mol. The van der Waals surface area contributed by atoms with Gasteiger partial charge < -0.3 is 10.2 Å². The van der Waals surface area contributed by atoms with Crippen molar-refractivity contribution in [2.75, 3.05) is 16.8 Å². The van der Waals surface area contributed by atoms with E-state index in [2.05, 4.69) is 5.32 Å². The molecule has 0 unspecified atom stereocenters. The Labute approximate surface area is 134 Å². The van der Waals surface area contributed by atoms with Gasteiger partial charge in [-0.15, -0.1) is 0 Å². The van der Waals surface area contributed by atoms with Crippen molar-refractivity contribution in [3.63, 3.8) is 0 Å². The molecule has 2 rings (SSSR count). The zero-order valence-electron chi connectivity index (χ0n) is 12.5. The number of para-hydroxylation sites is 1. The fraction of sp³-hybridized carbons (Fsp3) is 0.176. The van der Waals surface area contributed by atoms with Gasteiger partial charge in [-0.05, 0) is 42.8 Å². The molecule has 0 saturated heterocycles. The van der Waals surface area contributed by atoms with Gasteiger partial charge in [-0.2, -0.15) is 0 Å². The molecule has 5 heteroatoms. The molecule has 2 aromatic carbocycles. The number of benzene rings is 2. The number of carbonyl (C=O) groups excluding carboxylic acids is 2. The van der Waals surface area contributed by atoms with E-state index in [-0.39, 0.29) is 18.4 Å². The van der Waals surface area contributed by atoms with E-state index < -0.39 is 0 Å². The fourth-order valence-electron chi connectivity index (χ4n) is 2.05. The summed E-state index contributed by atoms with van der Waals surface area (Å²) in [6, 6.07) is 14.3. The normalized spacial score (nSPS) is 10.1. The number of hydrogen-bond donors (Lipinski definition) is 1. The van der Waals surface area contributed by atoms with Crippen LogP contribution in [0.2, 0.25) is 5.02 Å². The van der Waals surface area contributed by atoms with Gasteiger partial charge in [0.15, 0.2) is 0 Å².